The second kappa shape index (κ2) is 12.9. The highest BCUT2D eigenvalue weighted by Crippen LogP contribution is 2.36. The standard InChI is InChI=1S/C30H37N3O8S2/c1-20-9-13-25(14-10-20)43(38,39)32(4)18-28-21(2)17-33(22(3)19-34)30(35)26-7-6-8-27(29(26)41-28)31-42(36,37)24-15-11-23(40-5)12-16-24/h6-16,21-22,28,31,34H,17-19H2,1-5H3/t21-,22+,28+/m0/s1. The number of para-hydroxylation sites is 1. The SMILES string of the molecule is COc1ccc(S(=O)(=O)Nc2cccc3c2O[C@H](CN(C)S(=O)(=O)c2ccc(C)cc2)[C@@H](C)CN([C@H](C)CO)C3=O)cc1. The molecule has 0 bridgehead atoms. The number of aliphatic hydroxyl groups is 1. The summed E-state index contributed by atoms with van der Waals surface area (Å²) in [6.45, 7) is 5.16. The van der Waals surface area contributed by atoms with Crippen molar-refractivity contribution in [2.75, 3.05) is 38.6 Å². The Balaban J connectivity index is 1.75. The molecule has 3 aromatic carbocycles. The van der Waals surface area contributed by atoms with Crippen molar-refractivity contribution >= 4 is 31.6 Å². The van der Waals surface area contributed by atoms with Crippen molar-refractivity contribution in [1.29, 1.82) is 0 Å². The minimum Gasteiger partial charge on any atom is -0.497 e. The first-order valence-corrected chi connectivity index (χ1v) is 16.6. The van der Waals surface area contributed by atoms with Gasteiger partial charge in [0.1, 0.15) is 11.9 Å². The molecule has 0 radical (unpaired) electrons. The van der Waals surface area contributed by atoms with Gasteiger partial charge in [-0.25, -0.2) is 16.8 Å². The summed E-state index contributed by atoms with van der Waals surface area (Å²) in [5, 5.41) is 9.92. The van der Waals surface area contributed by atoms with Crippen LogP contribution in [0.5, 0.6) is 11.5 Å². The minimum absolute atomic E-state index is 0.0152. The first kappa shape index (κ1) is 32.3. The van der Waals surface area contributed by atoms with E-state index >= 15 is 0 Å². The molecular weight excluding hydrogens is 594 g/mol. The van der Waals surface area contributed by atoms with Gasteiger partial charge in [0.15, 0.2) is 5.75 Å². The normalized spacial score (nSPS) is 18.3. The molecule has 0 spiro atoms. The summed E-state index contributed by atoms with van der Waals surface area (Å²) in [5.74, 6) is -0.407. The van der Waals surface area contributed by atoms with Crippen LogP contribution in [0.3, 0.4) is 0 Å². The third-order valence-electron chi connectivity index (χ3n) is 7.47. The molecule has 3 aromatic rings. The predicted molar refractivity (Wildman–Crippen MR) is 162 cm³/mol. The number of likely N-dealkylation sites (N-methyl/N-ethyl adjacent to an activating group) is 1. The smallest absolute Gasteiger partial charge is 0.262 e. The zero-order valence-electron chi connectivity index (χ0n) is 24.7. The Morgan fingerprint density at radius 2 is 1.67 bits per heavy atom. The molecule has 0 saturated heterocycles. The van der Waals surface area contributed by atoms with E-state index in [1.807, 2.05) is 13.8 Å². The van der Waals surface area contributed by atoms with E-state index in [1.54, 1.807) is 19.1 Å². The van der Waals surface area contributed by atoms with Gasteiger partial charge in [-0.1, -0.05) is 30.7 Å². The lowest BCUT2D eigenvalue weighted by atomic mass is 9.99. The van der Waals surface area contributed by atoms with Crippen molar-refractivity contribution < 1.29 is 36.2 Å². The van der Waals surface area contributed by atoms with Crippen LogP contribution < -0.4 is 14.2 Å². The third kappa shape index (κ3) is 6.96. The molecule has 0 aliphatic carbocycles. The average Bonchev–Trinajstić information content (AvgIpc) is 2.98. The zero-order chi connectivity index (χ0) is 31.5. The number of fused-ring (bicyclic) bond motifs is 1. The predicted octanol–water partition coefficient (Wildman–Crippen LogP) is 3.35. The van der Waals surface area contributed by atoms with E-state index in [-0.39, 0.29) is 46.5 Å². The van der Waals surface area contributed by atoms with Crippen LogP contribution in [0, 0.1) is 12.8 Å². The summed E-state index contributed by atoms with van der Waals surface area (Å²) < 4.78 is 68.8. The van der Waals surface area contributed by atoms with E-state index in [4.69, 9.17) is 9.47 Å². The highest BCUT2D eigenvalue weighted by molar-refractivity contribution is 7.92. The Labute approximate surface area is 253 Å². The van der Waals surface area contributed by atoms with Crippen LogP contribution in [0.25, 0.3) is 0 Å². The van der Waals surface area contributed by atoms with Gasteiger partial charge < -0.3 is 19.5 Å². The maximum atomic E-state index is 13.7. The Hall–Kier alpha value is -3.65. The number of nitrogens with zero attached hydrogens (tertiary/aromatic N) is 2. The van der Waals surface area contributed by atoms with E-state index in [1.165, 1.54) is 78.0 Å². The summed E-state index contributed by atoms with van der Waals surface area (Å²) >= 11 is 0. The molecule has 1 heterocycles. The van der Waals surface area contributed by atoms with Crippen LogP contribution in [0.1, 0.15) is 29.8 Å². The average molecular weight is 632 g/mol. The van der Waals surface area contributed by atoms with Crippen LogP contribution in [0.15, 0.2) is 76.5 Å². The number of rotatable bonds is 10. The lowest BCUT2D eigenvalue weighted by Gasteiger charge is -2.38. The van der Waals surface area contributed by atoms with Gasteiger partial charge in [-0.15, -0.1) is 0 Å². The molecule has 3 atom stereocenters. The van der Waals surface area contributed by atoms with Gasteiger partial charge in [-0.2, -0.15) is 4.31 Å². The molecule has 4 rings (SSSR count). The van der Waals surface area contributed by atoms with E-state index in [2.05, 4.69) is 4.72 Å². The Bertz CT molecular complexity index is 1660. The maximum Gasteiger partial charge on any atom is 0.262 e. The summed E-state index contributed by atoms with van der Waals surface area (Å²) in [4.78, 5) is 15.3. The topological polar surface area (TPSA) is 143 Å². The Morgan fingerprint density at radius 1 is 1.05 bits per heavy atom. The zero-order valence-corrected chi connectivity index (χ0v) is 26.4. The number of nitrogens with one attached hydrogen (secondary N) is 1. The molecule has 11 nitrogen and oxygen atoms in total. The van der Waals surface area contributed by atoms with Crippen molar-refractivity contribution in [2.45, 2.75) is 42.7 Å². The molecule has 0 saturated carbocycles. The second-order valence-corrected chi connectivity index (χ2v) is 14.4. The number of benzene rings is 3. The molecule has 0 aromatic heterocycles. The minimum atomic E-state index is -4.12. The number of hydrogen-bond donors (Lipinski definition) is 2. The highest BCUT2D eigenvalue weighted by atomic mass is 32.2. The van der Waals surface area contributed by atoms with E-state index in [9.17, 15) is 26.7 Å². The van der Waals surface area contributed by atoms with E-state index < -0.39 is 44.0 Å². The van der Waals surface area contributed by atoms with Gasteiger partial charge in [0.05, 0.1) is 47.3 Å². The number of amides is 1. The Kier molecular flexibility index (Phi) is 9.70. The molecule has 0 unspecified atom stereocenters. The molecule has 1 aliphatic rings. The molecule has 1 amide bonds. The van der Waals surface area contributed by atoms with Crippen LogP contribution >= 0.6 is 0 Å². The van der Waals surface area contributed by atoms with Crippen LogP contribution in [-0.2, 0) is 20.0 Å². The molecular formula is C30H37N3O8S2. The van der Waals surface area contributed by atoms with Crippen LogP contribution in [0.2, 0.25) is 0 Å². The Morgan fingerprint density at radius 3 is 2.28 bits per heavy atom. The summed E-state index contributed by atoms with van der Waals surface area (Å²) in [6.07, 6.45) is -0.794. The number of carbonyl (C=O) groups is 1. The largest absolute Gasteiger partial charge is 0.497 e. The molecule has 0 fully saturated rings. The fourth-order valence-corrected chi connectivity index (χ4v) is 6.99. The van der Waals surface area contributed by atoms with Crippen LogP contribution in [0.4, 0.5) is 5.69 Å². The third-order valence-corrected chi connectivity index (χ3v) is 10.7. The number of aliphatic hydroxyl groups excluding tert-OH is 1. The van der Waals surface area contributed by atoms with Crippen molar-refractivity contribution in [3.05, 3.63) is 77.9 Å². The molecule has 232 valence electrons. The fourth-order valence-electron chi connectivity index (χ4n) is 4.74. The summed E-state index contributed by atoms with van der Waals surface area (Å²) in [7, 11) is -5.09. The lowest BCUT2D eigenvalue weighted by Crippen LogP contribution is -2.50. The van der Waals surface area contributed by atoms with E-state index in [0.29, 0.717) is 5.75 Å². The molecule has 43 heavy (non-hydrogen) atoms. The first-order chi connectivity index (χ1) is 20.3. The highest BCUT2D eigenvalue weighted by Gasteiger charge is 2.36. The maximum absolute atomic E-state index is 13.7. The molecule has 2 N–H and O–H groups in total. The number of sulfonamides is 2. The number of methoxy groups -OCH3 is 1. The van der Waals surface area contributed by atoms with Crippen molar-refractivity contribution in [3.8, 4) is 11.5 Å². The van der Waals surface area contributed by atoms with Gasteiger partial charge in [0, 0.05) is 19.5 Å². The fraction of sp³-hybridized carbons (Fsp3) is 0.367. The lowest BCUT2D eigenvalue weighted by molar-refractivity contribution is 0.0389. The van der Waals surface area contributed by atoms with Gasteiger partial charge in [0.25, 0.3) is 15.9 Å². The second-order valence-electron chi connectivity index (χ2n) is 10.7. The molecule has 1 aliphatic heterocycles. The van der Waals surface area contributed by atoms with Gasteiger partial charge >= 0.3 is 0 Å². The monoisotopic (exact) mass is 631 g/mol. The number of carbonyl (C=O) groups excluding carboxylic acids is 1. The number of anilines is 1. The van der Waals surface area contributed by atoms with Crippen molar-refractivity contribution in [3.63, 3.8) is 0 Å². The van der Waals surface area contributed by atoms with Crippen LogP contribution in [-0.4, -0.2) is 83.1 Å². The summed E-state index contributed by atoms with van der Waals surface area (Å²) in [6, 6.07) is 16.3. The number of hydrogen-bond acceptors (Lipinski definition) is 8. The van der Waals surface area contributed by atoms with Gasteiger partial charge in [0.2, 0.25) is 10.0 Å². The van der Waals surface area contributed by atoms with Crippen molar-refractivity contribution in [1.82, 2.24) is 9.21 Å². The van der Waals surface area contributed by atoms with Crippen molar-refractivity contribution in [2.24, 2.45) is 5.92 Å². The van der Waals surface area contributed by atoms with Gasteiger partial charge in [-0.3, -0.25) is 9.52 Å². The molecule has 13 heteroatoms. The van der Waals surface area contributed by atoms with E-state index in [0.717, 1.165) is 5.56 Å². The van der Waals surface area contributed by atoms with Gasteiger partial charge in [-0.05, 0) is 62.4 Å². The summed E-state index contributed by atoms with van der Waals surface area (Å²) in [5.41, 5.74) is 1.01. The first-order valence-electron chi connectivity index (χ1n) is 13.7. The quantitative estimate of drug-likeness (QED) is 0.347. The number of ether oxygens (including phenoxy) is 2. The number of aryl methyl sites for hydroxylation is 1.